The van der Waals surface area contributed by atoms with Gasteiger partial charge >= 0.3 is 6.09 Å². The van der Waals surface area contributed by atoms with E-state index in [9.17, 15) is 14.7 Å². The molecule has 12 heteroatoms. The van der Waals surface area contributed by atoms with Crippen molar-refractivity contribution in [1.82, 2.24) is 19.9 Å². The monoisotopic (exact) mass is 483 g/mol. The zero-order valence-electron chi connectivity index (χ0n) is 19.0. The molecule has 1 aromatic carbocycles. The van der Waals surface area contributed by atoms with E-state index in [0.29, 0.717) is 60.5 Å². The Morgan fingerprint density at radius 1 is 1.20 bits per heavy atom. The van der Waals surface area contributed by atoms with Crippen molar-refractivity contribution < 1.29 is 28.8 Å². The largest absolute Gasteiger partial charge is 0.486 e. The van der Waals surface area contributed by atoms with Crippen LogP contribution in [0, 0.1) is 0 Å². The number of hydrogen-bond donors (Lipinski definition) is 2. The topological polar surface area (TPSA) is 137 Å². The number of carbonyl (C=O) groups is 1. The summed E-state index contributed by atoms with van der Waals surface area (Å²) in [5, 5.41) is 13.6. The van der Waals surface area contributed by atoms with Crippen molar-refractivity contribution in [3.63, 3.8) is 0 Å². The van der Waals surface area contributed by atoms with Gasteiger partial charge in [-0.3, -0.25) is 14.3 Å². The molecular formula is C23H25N5O7. The van der Waals surface area contributed by atoms with Crippen LogP contribution in [-0.2, 0) is 11.3 Å². The number of pyridine rings is 1. The van der Waals surface area contributed by atoms with E-state index >= 15 is 0 Å². The summed E-state index contributed by atoms with van der Waals surface area (Å²) in [7, 11) is 1.48. The molecule has 5 rings (SSSR count). The second kappa shape index (κ2) is 9.76. The van der Waals surface area contributed by atoms with Crippen molar-refractivity contribution in [1.29, 1.82) is 0 Å². The number of aliphatic hydroxyl groups excluding tert-OH is 1. The van der Waals surface area contributed by atoms with E-state index in [1.165, 1.54) is 22.8 Å². The SMILES string of the molecule is COc1ccc2ncc(=O)n(C[C@H](O)CNC[C@@H]3CN(c4ccc5c(c4)OCCO5)C(=O)O3)c2n1. The third-order valence-electron chi connectivity index (χ3n) is 5.73. The molecule has 184 valence electrons. The number of carbonyl (C=O) groups excluding carboxylic acids is 1. The van der Waals surface area contributed by atoms with Gasteiger partial charge in [-0.15, -0.1) is 0 Å². The number of fused-ring (bicyclic) bond motifs is 2. The van der Waals surface area contributed by atoms with E-state index in [2.05, 4.69) is 15.3 Å². The van der Waals surface area contributed by atoms with Crippen molar-refractivity contribution in [2.75, 3.05) is 44.9 Å². The van der Waals surface area contributed by atoms with Gasteiger partial charge in [0.1, 0.15) is 24.8 Å². The lowest BCUT2D eigenvalue weighted by atomic mass is 10.2. The number of anilines is 1. The highest BCUT2D eigenvalue weighted by molar-refractivity contribution is 5.90. The number of amides is 1. The molecular weight excluding hydrogens is 458 g/mol. The second-order valence-electron chi connectivity index (χ2n) is 8.16. The van der Waals surface area contributed by atoms with Gasteiger partial charge in [-0.1, -0.05) is 0 Å². The molecule has 2 N–H and O–H groups in total. The van der Waals surface area contributed by atoms with Crippen molar-refractivity contribution in [2.45, 2.75) is 18.8 Å². The van der Waals surface area contributed by atoms with E-state index in [4.69, 9.17) is 18.9 Å². The fourth-order valence-corrected chi connectivity index (χ4v) is 4.04. The van der Waals surface area contributed by atoms with Gasteiger partial charge in [-0.05, 0) is 18.2 Å². The molecule has 0 saturated carbocycles. The third kappa shape index (κ3) is 4.84. The van der Waals surface area contributed by atoms with Crippen LogP contribution in [0.15, 0.2) is 41.3 Å². The minimum Gasteiger partial charge on any atom is -0.486 e. The molecule has 0 aliphatic carbocycles. The first kappa shape index (κ1) is 22.9. The number of benzene rings is 1. The standard InChI is InChI=1S/C23H25N5O7/c1-32-20-5-3-17-22(26-20)28(21(30)11-25-17)12-15(29)9-24-10-16-13-27(23(31)35-16)14-2-4-18-19(8-14)34-7-6-33-18/h2-5,8,11,15-16,24,29H,6-7,9-10,12-13H2,1H3/t15-,16-/m1/s1. The van der Waals surface area contributed by atoms with Gasteiger partial charge in [0.25, 0.3) is 5.56 Å². The number of methoxy groups -OCH3 is 1. The predicted molar refractivity (Wildman–Crippen MR) is 124 cm³/mol. The smallest absolute Gasteiger partial charge is 0.414 e. The zero-order valence-corrected chi connectivity index (χ0v) is 19.0. The van der Waals surface area contributed by atoms with Gasteiger partial charge in [0.2, 0.25) is 5.88 Å². The molecule has 3 aromatic rings. The van der Waals surface area contributed by atoms with Gasteiger partial charge in [-0.25, -0.2) is 9.78 Å². The molecule has 2 aromatic heterocycles. The number of cyclic esters (lactones) is 1. The van der Waals surface area contributed by atoms with Gasteiger partial charge in [0.15, 0.2) is 17.1 Å². The van der Waals surface area contributed by atoms with Crippen LogP contribution in [0.25, 0.3) is 11.2 Å². The number of aromatic nitrogens is 3. The van der Waals surface area contributed by atoms with E-state index in [0.717, 1.165) is 0 Å². The summed E-state index contributed by atoms with van der Waals surface area (Å²) in [6.45, 7) is 1.83. The Morgan fingerprint density at radius 2 is 2.03 bits per heavy atom. The summed E-state index contributed by atoms with van der Waals surface area (Å²) >= 11 is 0. The molecule has 2 atom stereocenters. The van der Waals surface area contributed by atoms with Crippen LogP contribution in [0.1, 0.15) is 0 Å². The van der Waals surface area contributed by atoms with Crippen LogP contribution in [-0.4, -0.2) is 77.9 Å². The Labute approximate surface area is 200 Å². The van der Waals surface area contributed by atoms with Crippen LogP contribution in [0.4, 0.5) is 10.5 Å². The van der Waals surface area contributed by atoms with E-state index in [1.807, 2.05) is 0 Å². The Balaban J connectivity index is 1.17. The molecule has 0 spiro atoms. The summed E-state index contributed by atoms with van der Waals surface area (Å²) in [6.07, 6.45) is -0.555. The molecule has 2 aliphatic heterocycles. The fourth-order valence-electron chi connectivity index (χ4n) is 4.04. The minimum atomic E-state index is -0.891. The first-order valence-electron chi connectivity index (χ1n) is 11.2. The number of nitrogens with one attached hydrogen (secondary N) is 1. The van der Waals surface area contributed by atoms with Crippen molar-refractivity contribution in [3.05, 3.63) is 46.9 Å². The highest BCUT2D eigenvalue weighted by atomic mass is 16.6. The van der Waals surface area contributed by atoms with Crippen molar-refractivity contribution in [2.24, 2.45) is 0 Å². The molecule has 1 saturated heterocycles. The molecule has 1 amide bonds. The van der Waals surface area contributed by atoms with Crippen LogP contribution in [0.5, 0.6) is 17.4 Å². The van der Waals surface area contributed by atoms with Crippen molar-refractivity contribution >= 4 is 22.9 Å². The number of rotatable bonds is 8. The van der Waals surface area contributed by atoms with Crippen LogP contribution < -0.4 is 30.0 Å². The molecule has 0 radical (unpaired) electrons. The maximum absolute atomic E-state index is 12.4. The minimum absolute atomic E-state index is 0.0127. The maximum atomic E-state index is 12.4. The van der Waals surface area contributed by atoms with Gasteiger partial charge in [0.05, 0.1) is 38.2 Å². The summed E-state index contributed by atoms with van der Waals surface area (Å²) in [6, 6.07) is 8.67. The molecule has 2 aliphatic rings. The first-order chi connectivity index (χ1) is 17.0. The lowest BCUT2D eigenvalue weighted by Gasteiger charge is -2.21. The summed E-state index contributed by atoms with van der Waals surface area (Å²) in [5.74, 6) is 1.59. The normalized spacial score (nSPS) is 17.9. The third-order valence-corrected chi connectivity index (χ3v) is 5.73. The predicted octanol–water partition coefficient (Wildman–Crippen LogP) is 0.547. The maximum Gasteiger partial charge on any atom is 0.414 e. The van der Waals surface area contributed by atoms with E-state index < -0.39 is 18.3 Å². The number of nitrogens with zero attached hydrogens (tertiary/aromatic N) is 4. The van der Waals surface area contributed by atoms with Gasteiger partial charge in [0, 0.05) is 25.2 Å². The summed E-state index contributed by atoms with van der Waals surface area (Å²) in [5.41, 5.74) is 1.13. The Bertz CT molecular complexity index is 1300. The molecule has 1 fully saturated rings. The average molecular weight is 483 g/mol. The van der Waals surface area contributed by atoms with E-state index in [-0.39, 0.29) is 18.6 Å². The molecule has 35 heavy (non-hydrogen) atoms. The van der Waals surface area contributed by atoms with Gasteiger partial charge in [-0.2, -0.15) is 4.98 Å². The summed E-state index contributed by atoms with van der Waals surface area (Å²) in [4.78, 5) is 34.7. The Hall–Kier alpha value is -3.90. The van der Waals surface area contributed by atoms with Crippen LogP contribution in [0.2, 0.25) is 0 Å². The number of aliphatic hydroxyl groups is 1. The number of ether oxygens (including phenoxy) is 4. The lowest BCUT2D eigenvalue weighted by molar-refractivity contribution is 0.127. The van der Waals surface area contributed by atoms with E-state index in [1.54, 1.807) is 30.3 Å². The molecule has 4 heterocycles. The van der Waals surface area contributed by atoms with Crippen molar-refractivity contribution in [3.8, 4) is 17.4 Å². The highest BCUT2D eigenvalue weighted by Gasteiger charge is 2.33. The highest BCUT2D eigenvalue weighted by Crippen LogP contribution is 2.35. The van der Waals surface area contributed by atoms with Crippen LogP contribution in [0.3, 0.4) is 0 Å². The van der Waals surface area contributed by atoms with Gasteiger partial charge < -0.3 is 29.4 Å². The van der Waals surface area contributed by atoms with Crippen LogP contribution >= 0.6 is 0 Å². The quantitative estimate of drug-likeness (QED) is 0.467. The number of hydrogen-bond acceptors (Lipinski definition) is 10. The lowest BCUT2D eigenvalue weighted by Crippen LogP contribution is -2.38. The Kier molecular flexibility index (Phi) is 6.38. The Morgan fingerprint density at radius 3 is 2.86 bits per heavy atom. The molecule has 0 bridgehead atoms. The summed E-state index contributed by atoms with van der Waals surface area (Å²) < 4.78 is 23.1. The molecule has 12 nitrogen and oxygen atoms in total. The fraction of sp³-hybridized carbons (Fsp3) is 0.391. The first-order valence-corrected chi connectivity index (χ1v) is 11.2. The zero-order chi connectivity index (χ0) is 24.4. The molecule has 0 unspecified atom stereocenters. The second-order valence-corrected chi connectivity index (χ2v) is 8.16. The average Bonchev–Trinajstić information content (AvgIpc) is 3.25.